The van der Waals surface area contributed by atoms with Crippen LogP contribution in [-0.4, -0.2) is 16.5 Å². The maximum absolute atomic E-state index is 5.79. The standard InChI is InChI=1S/C15H15N3OS/c1-2-16-15-18-9-13(20-15)10-19-12-6-5-11-4-3-7-17-14(11)8-12/h3-9H,2,10H2,1H3,(H,16,18). The largest absolute Gasteiger partial charge is 0.488 e. The molecule has 0 radical (unpaired) electrons. The summed E-state index contributed by atoms with van der Waals surface area (Å²) in [5.41, 5.74) is 0.947. The third-order valence-corrected chi connectivity index (χ3v) is 3.77. The third kappa shape index (κ3) is 2.88. The van der Waals surface area contributed by atoms with Crippen molar-refractivity contribution in [2.75, 3.05) is 11.9 Å². The molecule has 0 saturated heterocycles. The fourth-order valence-electron chi connectivity index (χ4n) is 1.90. The van der Waals surface area contributed by atoms with Gasteiger partial charge in [-0.05, 0) is 25.1 Å². The first-order valence-electron chi connectivity index (χ1n) is 6.51. The lowest BCUT2D eigenvalue weighted by atomic mass is 10.2. The van der Waals surface area contributed by atoms with Crippen LogP contribution in [0.1, 0.15) is 11.8 Å². The summed E-state index contributed by atoms with van der Waals surface area (Å²) in [7, 11) is 0. The Morgan fingerprint density at radius 3 is 3.10 bits per heavy atom. The number of thiazole rings is 1. The Hall–Kier alpha value is -2.14. The lowest BCUT2D eigenvalue weighted by molar-refractivity contribution is 0.310. The molecule has 0 fully saturated rings. The number of rotatable bonds is 5. The first-order chi connectivity index (χ1) is 9.85. The molecule has 3 aromatic rings. The second-order valence-corrected chi connectivity index (χ2v) is 5.42. The van der Waals surface area contributed by atoms with Crippen LogP contribution < -0.4 is 10.1 Å². The topological polar surface area (TPSA) is 47.0 Å². The van der Waals surface area contributed by atoms with Crippen LogP contribution in [0.15, 0.2) is 42.7 Å². The highest BCUT2D eigenvalue weighted by atomic mass is 32.1. The highest BCUT2D eigenvalue weighted by molar-refractivity contribution is 7.15. The Labute approximate surface area is 121 Å². The maximum Gasteiger partial charge on any atom is 0.182 e. The number of aromatic nitrogens is 2. The number of nitrogens with one attached hydrogen (secondary N) is 1. The van der Waals surface area contributed by atoms with Crippen molar-refractivity contribution in [3.8, 4) is 5.75 Å². The van der Waals surface area contributed by atoms with E-state index in [1.54, 1.807) is 17.5 Å². The predicted octanol–water partition coefficient (Wildman–Crippen LogP) is 3.70. The van der Waals surface area contributed by atoms with Gasteiger partial charge in [0.2, 0.25) is 0 Å². The first kappa shape index (κ1) is 12.9. The average molecular weight is 285 g/mol. The van der Waals surface area contributed by atoms with Crippen LogP contribution in [0.5, 0.6) is 5.75 Å². The van der Waals surface area contributed by atoms with Crippen LogP contribution in [-0.2, 0) is 6.61 Å². The van der Waals surface area contributed by atoms with E-state index in [1.165, 1.54) is 0 Å². The van der Waals surface area contributed by atoms with E-state index >= 15 is 0 Å². The lowest BCUT2D eigenvalue weighted by Gasteiger charge is -2.05. The molecule has 4 nitrogen and oxygen atoms in total. The minimum atomic E-state index is 0.529. The van der Waals surface area contributed by atoms with Crippen molar-refractivity contribution in [1.82, 2.24) is 9.97 Å². The molecule has 0 bridgehead atoms. The van der Waals surface area contributed by atoms with Crippen molar-refractivity contribution in [2.45, 2.75) is 13.5 Å². The predicted molar refractivity (Wildman–Crippen MR) is 82.4 cm³/mol. The minimum Gasteiger partial charge on any atom is -0.488 e. The van der Waals surface area contributed by atoms with Crippen LogP contribution in [0.4, 0.5) is 5.13 Å². The SMILES string of the molecule is CCNc1ncc(COc2ccc3cccnc3c2)s1. The zero-order valence-corrected chi connectivity index (χ0v) is 12.0. The molecule has 0 amide bonds. The number of benzene rings is 1. The quantitative estimate of drug-likeness (QED) is 0.776. The van der Waals surface area contributed by atoms with Crippen LogP contribution in [0.3, 0.4) is 0 Å². The Morgan fingerprint density at radius 1 is 1.25 bits per heavy atom. The minimum absolute atomic E-state index is 0.529. The number of hydrogen-bond donors (Lipinski definition) is 1. The molecule has 0 aliphatic heterocycles. The Balaban J connectivity index is 1.69. The molecule has 2 heterocycles. The monoisotopic (exact) mass is 285 g/mol. The number of ether oxygens (including phenoxy) is 1. The van der Waals surface area contributed by atoms with Crippen molar-refractivity contribution in [1.29, 1.82) is 0 Å². The van der Waals surface area contributed by atoms with Crippen molar-refractivity contribution in [3.05, 3.63) is 47.6 Å². The average Bonchev–Trinajstić information content (AvgIpc) is 2.93. The van der Waals surface area contributed by atoms with Crippen molar-refractivity contribution in [3.63, 3.8) is 0 Å². The molecule has 3 rings (SSSR count). The maximum atomic E-state index is 5.79. The molecule has 102 valence electrons. The van der Waals surface area contributed by atoms with E-state index in [0.29, 0.717) is 6.61 Å². The molecular weight excluding hydrogens is 270 g/mol. The summed E-state index contributed by atoms with van der Waals surface area (Å²) in [6, 6.07) is 9.92. The first-order valence-corrected chi connectivity index (χ1v) is 7.33. The number of anilines is 1. The summed E-state index contributed by atoms with van der Waals surface area (Å²) in [6.45, 7) is 3.46. The van der Waals surface area contributed by atoms with Crippen LogP contribution in [0, 0.1) is 0 Å². The number of nitrogens with zero attached hydrogens (tertiary/aromatic N) is 2. The Bertz CT molecular complexity index is 711. The van der Waals surface area contributed by atoms with E-state index < -0.39 is 0 Å². The molecule has 1 aromatic carbocycles. The fraction of sp³-hybridized carbons (Fsp3) is 0.200. The summed E-state index contributed by atoms with van der Waals surface area (Å²) >= 11 is 1.62. The molecule has 0 unspecified atom stereocenters. The third-order valence-electron chi connectivity index (χ3n) is 2.84. The van der Waals surface area contributed by atoms with Gasteiger partial charge in [-0.25, -0.2) is 4.98 Å². The van der Waals surface area contributed by atoms with Gasteiger partial charge in [0, 0.05) is 30.4 Å². The highest BCUT2D eigenvalue weighted by Crippen LogP contribution is 2.22. The van der Waals surface area contributed by atoms with E-state index in [4.69, 9.17) is 4.74 Å². The van der Waals surface area contributed by atoms with Gasteiger partial charge in [0.1, 0.15) is 12.4 Å². The second kappa shape index (κ2) is 5.88. The second-order valence-electron chi connectivity index (χ2n) is 4.31. The van der Waals surface area contributed by atoms with Crippen LogP contribution >= 0.6 is 11.3 Å². The molecular formula is C15H15N3OS. The van der Waals surface area contributed by atoms with Crippen molar-refractivity contribution < 1.29 is 4.74 Å². The zero-order valence-electron chi connectivity index (χ0n) is 11.2. The lowest BCUT2D eigenvalue weighted by Crippen LogP contribution is -1.94. The van der Waals surface area contributed by atoms with E-state index in [0.717, 1.165) is 33.2 Å². The van der Waals surface area contributed by atoms with E-state index in [9.17, 15) is 0 Å². The van der Waals surface area contributed by atoms with Gasteiger partial charge in [-0.15, -0.1) is 0 Å². The molecule has 2 aromatic heterocycles. The Kier molecular flexibility index (Phi) is 3.78. The van der Waals surface area contributed by atoms with E-state index in [-0.39, 0.29) is 0 Å². The molecule has 0 aliphatic carbocycles. The normalized spacial score (nSPS) is 10.7. The zero-order chi connectivity index (χ0) is 13.8. The van der Waals surface area contributed by atoms with Gasteiger partial charge in [-0.1, -0.05) is 17.4 Å². The van der Waals surface area contributed by atoms with Crippen molar-refractivity contribution in [2.24, 2.45) is 0 Å². The van der Waals surface area contributed by atoms with Crippen molar-refractivity contribution >= 4 is 27.4 Å². The van der Waals surface area contributed by atoms with Gasteiger partial charge in [0.05, 0.1) is 10.4 Å². The Morgan fingerprint density at radius 2 is 2.20 bits per heavy atom. The molecule has 5 heteroatoms. The molecule has 1 N–H and O–H groups in total. The van der Waals surface area contributed by atoms with Gasteiger partial charge in [0.15, 0.2) is 5.13 Å². The van der Waals surface area contributed by atoms with Gasteiger partial charge >= 0.3 is 0 Å². The molecule has 0 atom stereocenters. The summed E-state index contributed by atoms with van der Waals surface area (Å²) in [5.74, 6) is 0.828. The smallest absolute Gasteiger partial charge is 0.182 e. The number of hydrogen-bond acceptors (Lipinski definition) is 5. The number of fused-ring (bicyclic) bond motifs is 1. The van der Waals surface area contributed by atoms with Gasteiger partial charge in [-0.2, -0.15) is 0 Å². The highest BCUT2D eigenvalue weighted by Gasteiger charge is 2.03. The van der Waals surface area contributed by atoms with Gasteiger partial charge < -0.3 is 10.1 Å². The molecule has 0 saturated carbocycles. The molecule has 0 spiro atoms. The van der Waals surface area contributed by atoms with Crippen LogP contribution in [0.2, 0.25) is 0 Å². The van der Waals surface area contributed by atoms with E-state index in [2.05, 4.69) is 22.2 Å². The van der Waals surface area contributed by atoms with Gasteiger partial charge in [-0.3, -0.25) is 4.98 Å². The number of pyridine rings is 1. The van der Waals surface area contributed by atoms with E-state index in [1.807, 2.05) is 36.5 Å². The fourth-order valence-corrected chi connectivity index (χ4v) is 2.69. The molecule has 0 aliphatic rings. The summed E-state index contributed by atoms with van der Waals surface area (Å²) in [4.78, 5) is 9.71. The molecule has 20 heavy (non-hydrogen) atoms. The van der Waals surface area contributed by atoms with Gasteiger partial charge in [0.25, 0.3) is 0 Å². The summed E-state index contributed by atoms with van der Waals surface area (Å²) < 4.78 is 5.79. The summed E-state index contributed by atoms with van der Waals surface area (Å²) in [5, 5.41) is 5.25. The summed E-state index contributed by atoms with van der Waals surface area (Å²) in [6.07, 6.45) is 3.64. The van der Waals surface area contributed by atoms with Crippen LogP contribution in [0.25, 0.3) is 10.9 Å².